The summed E-state index contributed by atoms with van der Waals surface area (Å²) in [5, 5.41) is 11.4. The molecule has 0 spiro atoms. The summed E-state index contributed by atoms with van der Waals surface area (Å²) in [7, 11) is -3.68. The third kappa shape index (κ3) is 2.84. The highest BCUT2D eigenvalue weighted by Gasteiger charge is 2.49. The largest absolute Gasteiger partial charge is 0.480 e. The zero-order valence-corrected chi connectivity index (χ0v) is 13.7. The van der Waals surface area contributed by atoms with Crippen molar-refractivity contribution in [2.75, 3.05) is 6.54 Å². The van der Waals surface area contributed by atoms with Crippen LogP contribution in [0.4, 0.5) is 0 Å². The van der Waals surface area contributed by atoms with Crippen molar-refractivity contribution in [3.63, 3.8) is 0 Å². The zero-order chi connectivity index (χ0) is 16.7. The van der Waals surface area contributed by atoms with E-state index in [0.29, 0.717) is 18.4 Å². The predicted octanol–water partition coefficient (Wildman–Crippen LogP) is 2.61. The van der Waals surface area contributed by atoms with Crippen LogP contribution in [0.15, 0.2) is 42.5 Å². The lowest BCUT2D eigenvalue weighted by Gasteiger charge is -2.30. The Labute approximate surface area is 135 Å². The maximum absolute atomic E-state index is 12.7. The van der Waals surface area contributed by atoms with Crippen LogP contribution in [0.5, 0.6) is 0 Å². The maximum Gasteiger partial charge on any atom is 0.324 e. The molecule has 0 radical (unpaired) electrons. The van der Waals surface area contributed by atoms with Gasteiger partial charge in [0.15, 0.2) is 0 Å². The Kier molecular flexibility index (Phi) is 3.90. The van der Waals surface area contributed by atoms with Gasteiger partial charge in [-0.15, -0.1) is 0 Å². The molecule has 122 valence electrons. The lowest BCUT2D eigenvalue weighted by molar-refractivity contribution is -0.146. The number of carboxylic acid groups (broad SMARTS) is 1. The Morgan fingerprint density at radius 3 is 2.61 bits per heavy atom. The molecule has 3 rings (SSSR count). The van der Waals surface area contributed by atoms with E-state index >= 15 is 0 Å². The molecular weight excluding hydrogens is 314 g/mol. The van der Waals surface area contributed by atoms with Crippen molar-refractivity contribution >= 4 is 26.8 Å². The van der Waals surface area contributed by atoms with E-state index in [9.17, 15) is 18.3 Å². The summed E-state index contributed by atoms with van der Waals surface area (Å²) in [4.78, 5) is 11.5. The fourth-order valence-electron chi connectivity index (χ4n) is 3.22. The quantitative estimate of drug-likeness (QED) is 0.933. The highest BCUT2D eigenvalue weighted by atomic mass is 32.2. The normalized spacial score (nSPS) is 22.5. The molecule has 2 aromatic rings. The van der Waals surface area contributed by atoms with Crippen LogP contribution in [0.1, 0.15) is 25.3 Å². The number of hydrogen-bond acceptors (Lipinski definition) is 3. The van der Waals surface area contributed by atoms with Crippen molar-refractivity contribution in [2.45, 2.75) is 31.1 Å². The number of benzene rings is 2. The number of hydrogen-bond donors (Lipinski definition) is 1. The van der Waals surface area contributed by atoms with Gasteiger partial charge < -0.3 is 5.11 Å². The molecule has 1 aliphatic rings. The third-order valence-electron chi connectivity index (χ3n) is 4.53. The highest BCUT2D eigenvalue weighted by Crippen LogP contribution is 2.33. The summed E-state index contributed by atoms with van der Waals surface area (Å²) in [5.74, 6) is -1.27. The summed E-state index contributed by atoms with van der Waals surface area (Å²) >= 11 is 0. The van der Waals surface area contributed by atoms with E-state index in [1.54, 1.807) is 6.07 Å². The van der Waals surface area contributed by atoms with E-state index in [-0.39, 0.29) is 12.3 Å². The minimum atomic E-state index is -3.68. The van der Waals surface area contributed by atoms with Crippen LogP contribution in [0.2, 0.25) is 0 Å². The van der Waals surface area contributed by atoms with Crippen LogP contribution >= 0.6 is 0 Å². The first-order valence-corrected chi connectivity index (χ1v) is 9.15. The molecule has 1 atom stereocenters. The van der Waals surface area contributed by atoms with Gasteiger partial charge in [0, 0.05) is 6.54 Å². The Bertz CT molecular complexity index is 862. The summed E-state index contributed by atoms with van der Waals surface area (Å²) in [6.07, 6.45) is 0.916. The number of rotatable bonds is 4. The Balaban J connectivity index is 1.92. The van der Waals surface area contributed by atoms with Gasteiger partial charge in [0.2, 0.25) is 10.0 Å². The molecule has 0 saturated carbocycles. The molecule has 0 amide bonds. The van der Waals surface area contributed by atoms with Gasteiger partial charge in [-0.3, -0.25) is 4.79 Å². The molecule has 1 unspecified atom stereocenters. The molecule has 0 aromatic heterocycles. The second-order valence-electron chi connectivity index (χ2n) is 6.19. The summed E-state index contributed by atoms with van der Waals surface area (Å²) in [6.45, 7) is 1.75. The number of carbonyl (C=O) groups is 1. The SMILES string of the molecule is CC1(C(=O)O)CCCN1S(=O)(=O)Cc1ccc2ccccc2c1. The lowest BCUT2D eigenvalue weighted by atomic mass is 10.0. The Morgan fingerprint density at radius 2 is 1.91 bits per heavy atom. The van der Waals surface area contributed by atoms with E-state index in [4.69, 9.17) is 0 Å². The van der Waals surface area contributed by atoms with E-state index in [1.165, 1.54) is 6.92 Å². The second-order valence-corrected chi connectivity index (χ2v) is 8.09. The van der Waals surface area contributed by atoms with Crippen molar-refractivity contribution in [1.29, 1.82) is 0 Å². The molecule has 1 saturated heterocycles. The number of aliphatic carboxylic acids is 1. The predicted molar refractivity (Wildman–Crippen MR) is 88.6 cm³/mol. The molecule has 6 heteroatoms. The topological polar surface area (TPSA) is 74.7 Å². The van der Waals surface area contributed by atoms with Gasteiger partial charge in [-0.2, -0.15) is 4.31 Å². The smallest absolute Gasteiger partial charge is 0.324 e. The standard InChI is InChI=1S/C17H19NO4S/c1-17(16(19)20)9-4-10-18(17)23(21,22)12-13-7-8-14-5-2-3-6-15(14)11-13/h2-3,5-8,11H,4,9-10,12H2,1H3,(H,19,20). The Hall–Kier alpha value is -1.92. The van der Waals surface area contributed by atoms with Gasteiger partial charge in [-0.05, 0) is 36.1 Å². The highest BCUT2D eigenvalue weighted by molar-refractivity contribution is 7.88. The molecule has 1 N–H and O–H groups in total. The monoisotopic (exact) mass is 333 g/mol. The minimum absolute atomic E-state index is 0.180. The Morgan fingerprint density at radius 1 is 1.22 bits per heavy atom. The van der Waals surface area contributed by atoms with Crippen molar-refractivity contribution in [2.24, 2.45) is 0 Å². The van der Waals surface area contributed by atoms with Gasteiger partial charge >= 0.3 is 5.97 Å². The minimum Gasteiger partial charge on any atom is -0.480 e. The van der Waals surface area contributed by atoms with E-state index in [2.05, 4.69) is 0 Å². The zero-order valence-electron chi connectivity index (χ0n) is 12.9. The molecule has 1 aliphatic heterocycles. The molecular formula is C17H19NO4S. The maximum atomic E-state index is 12.7. The molecule has 23 heavy (non-hydrogen) atoms. The fraction of sp³-hybridized carbons (Fsp3) is 0.353. The molecule has 1 heterocycles. The van der Waals surface area contributed by atoms with Crippen molar-refractivity contribution in [1.82, 2.24) is 4.31 Å². The van der Waals surface area contributed by atoms with Crippen LogP contribution in [0, 0.1) is 0 Å². The summed E-state index contributed by atoms with van der Waals surface area (Å²) < 4.78 is 26.6. The molecule has 5 nitrogen and oxygen atoms in total. The first-order chi connectivity index (χ1) is 10.8. The van der Waals surface area contributed by atoms with E-state index in [0.717, 1.165) is 15.1 Å². The number of nitrogens with zero attached hydrogens (tertiary/aromatic N) is 1. The number of fused-ring (bicyclic) bond motifs is 1. The van der Waals surface area contributed by atoms with Gasteiger partial charge in [0.1, 0.15) is 5.54 Å². The van der Waals surface area contributed by atoms with Gasteiger partial charge in [0.25, 0.3) is 0 Å². The molecule has 0 aliphatic carbocycles. The summed E-state index contributed by atoms with van der Waals surface area (Å²) in [6, 6.07) is 13.3. The van der Waals surface area contributed by atoms with E-state index < -0.39 is 21.5 Å². The number of sulfonamides is 1. The first-order valence-electron chi connectivity index (χ1n) is 7.54. The van der Waals surface area contributed by atoms with Gasteiger partial charge in [-0.25, -0.2) is 8.42 Å². The average Bonchev–Trinajstić information content (AvgIpc) is 2.91. The second kappa shape index (κ2) is 5.62. The van der Waals surface area contributed by atoms with Gasteiger partial charge in [-0.1, -0.05) is 42.5 Å². The fourth-order valence-corrected chi connectivity index (χ4v) is 5.16. The molecule has 2 aromatic carbocycles. The summed E-state index contributed by atoms with van der Waals surface area (Å²) in [5.41, 5.74) is -0.668. The van der Waals surface area contributed by atoms with Crippen LogP contribution in [0.3, 0.4) is 0 Å². The van der Waals surface area contributed by atoms with Crippen LogP contribution in [-0.2, 0) is 20.6 Å². The van der Waals surface area contributed by atoms with Crippen molar-refractivity contribution < 1.29 is 18.3 Å². The van der Waals surface area contributed by atoms with E-state index in [1.807, 2.05) is 36.4 Å². The molecule has 1 fully saturated rings. The average molecular weight is 333 g/mol. The third-order valence-corrected chi connectivity index (χ3v) is 6.49. The van der Waals surface area contributed by atoms with Crippen molar-refractivity contribution in [3.8, 4) is 0 Å². The molecule has 0 bridgehead atoms. The number of carboxylic acids is 1. The van der Waals surface area contributed by atoms with Crippen LogP contribution in [-0.4, -0.2) is 35.9 Å². The van der Waals surface area contributed by atoms with Crippen LogP contribution < -0.4 is 0 Å². The van der Waals surface area contributed by atoms with Crippen molar-refractivity contribution in [3.05, 3.63) is 48.0 Å². The van der Waals surface area contributed by atoms with Gasteiger partial charge in [0.05, 0.1) is 5.75 Å². The van der Waals surface area contributed by atoms with Crippen LogP contribution in [0.25, 0.3) is 10.8 Å². The first kappa shape index (κ1) is 16.0. The lowest BCUT2D eigenvalue weighted by Crippen LogP contribution is -2.50.